The normalized spacial score (nSPS) is 31.6. The number of carbonyl (C=O) groups excluding carboxylic acids is 3. The maximum atomic E-state index is 14.5. The third-order valence-corrected chi connectivity index (χ3v) is 12.8. The zero-order chi connectivity index (χ0) is 46.0. The Balaban J connectivity index is 1.69. The maximum Gasteiger partial charge on any atom is 0.312 e. The average Bonchev–Trinajstić information content (AvgIpc) is 3.49. The predicted octanol–water partition coefficient (Wildman–Crippen LogP) is 3.84. The number of quaternary nitrogens is 1. The number of nitrogens with zero attached hydrogens (tertiary/aromatic N) is 3. The molecule has 62 heavy (non-hydrogen) atoms. The monoisotopic (exact) mass is 867 g/mol. The number of aromatic hydroxyl groups is 3. The first-order valence-electron chi connectivity index (χ1n) is 20.9. The molecule has 2 aromatic rings. The first-order valence-corrected chi connectivity index (χ1v) is 20.9. The molecule has 0 saturated carbocycles. The zero-order valence-electron chi connectivity index (χ0n) is 37.2. The van der Waals surface area contributed by atoms with Gasteiger partial charge in [-0.3, -0.25) is 19.4 Å². The summed E-state index contributed by atoms with van der Waals surface area (Å²) < 4.78 is 24.3. The third-order valence-electron chi connectivity index (χ3n) is 12.8. The van der Waals surface area contributed by atoms with Crippen molar-refractivity contribution in [2.45, 2.75) is 85.6 Å². The van der Waals surface area contributed by atoms with E-state index in [0.29, 0.717) is 37.2 Å². The SMILES string of the molecule is CO[C@H]1/C=C/O[C@@]2(C)Oc3c(C)c(O)c4c(O)c(c(/C=N/N5CC[N+](C)(CCO)CC5)c(O)c4c3C2=O)NC(=O)/C(C)=C\C=C\[C@H](C)[C@H](O)[C@@H](C)[C@@H](O)[C@@H](C)[C@H](OC(C)=O)[C@@H]1C. The molecule has 0 radical (unpaired) electrons. The van der Waals surface area contributed by atoms with Crippen LogP contribution >= 0.6 is 0 Å². The van der Waals surface area contributed by atoms with Crippen molar-refractivity contribution >= 4 is 40.3 Å². The number of anilines is 1. The number of likely N-dealkylation sites (N-methyl/N-ethyl adjacent to an activating group) is 1. The Labute approximate surface area is 362 Å². The van der Waals surface area contributed by atoms with Crippen LogP contribution in [0.5, 0.6) is 23.0 Å². The molecule has 4 aliphatic rings. The largest absolute Gasteiger partial charge is 0.507 e. The van der Waals surface area contributed by atoms with Crippen LogP contribution in [0.4, 0.5) is 5.69 Å². The number of hydrogen-bond donors (Lipinski definition) is 7. The summed E-state index contributed by atoms with van der Waals surface area (Å²) in [5.41, 5.74) is -0.451. The van der Waals surface area contributed by atoms with Gasteiger partial charge in [-0.25, -0.2) is 0 Å². The second-order valence-electron chi connectivity index (χ2n) is 17.3. The van der Waals surface area contributed by atoms with Crippen molar-refractivity contribution in [3.63, 3.8) is 0 Å². The van der Waals surface area contributed by atoms with Crippen LogP contribution in [0.2, 0.25) is 0 Å². The van der Waals surface area contributed by atoms with Gasteiger partial charge in [0, 0.05) is 61.2 Å². The van der Waals surface area contributed by atoms with Gasteiger partial charge in [0.1, 0.15) is 29.9 Å². The Bertz CT molecular complexity index is 2160. The fraction of sp³-hybridized carbons (Fsp3) is 0.556. The van der Waals surface area contributed by atoms with Crippen LogP contribution in [-0.2, 0) is 23.8 Å². The molecule has 4 heterocycles. The van der Waals surface area contributed by atoms with Gasteiger partial charge < -0.3 is 59.4 Å². The number of hydrazone groups is 1. The fourth-order valence-electron chi connectivity index (χ4n) is 8.53. The Hall–Kier alpha value is -5.20. The molecule has 1 saturated heterocycles. The number of piperazine rings is 1. The minimum absolute atomic E-state index is 0.0325. The Kier molecular flexibility index (Phi) is 14.7. The van der Waals surface area contributed by atoms with Gasteiger partial charge in [-0.2, -0.15) is 5.10 Å². The highest BCUT2D eigenvalue weighted by Gasteiger charge is 2.50. The van der Waals surface area contributed by atoms with Crippen LogP contribution in [-0.4, -0.2) is 148 Å². The molecule has 1 amide bonds. The van der Waals surface area contributed by atoms with Crippen LogP contribution in [0.25, 0.3) is 10.8 Å². The second kappa shape index (κ2) is 19.0. The molecular formula is C45H63N4O13+. The number of aliphatic hydroxyl groups is 3. The molecule has 1 fully saturated rings. The third kappa shape index (κ3) is 9.41. The summed E-state index contributed by atoms with van der Waals surface area (Å²) in [6.07, 6.45) is 4.76. The minimum Gasteiger partial charge on any atom is -0.507 e. The molecule has 17 heteroatoms. The number of rotatable bonds is 6. The number of phenols is 3. The van der Waals surface area contributed by atoms with Gasteiger partial charge in [0.05, 0.1) is 92.8 Å². The van der Waals surface area contributed by atoms with E-state index in [4.69, 9.17) is 18.9 Å². The molecule has 5 bridgehead atoms. The van der Waals surface area contributed by atoms with Gasteiger partial charge in [-0.1, -0.05) is 45.9 Å². The number of ether oxygens (including phenoxy) is 4. The number of Topliss-reactive ketones (excluding diaryl/α,β-unsaturated/α-hetero) is 1. The summed E-state index contributed by atoms with van der Waals surface area (Å²) in [6, 6.07) is 0. The molecule has 0 aromatic heterocycles. The highest BCUT2D eigenvalue weighted by Crippen LogP contribution is 2.55. The lowest BCUT2D eigenvalue weighted by Gasteiger charge is -2.40. The number of hydrogen-bond acceptors (Lipinski definition) is 15. The summed E-state index contributed by atoms with van der Waals surface area (Å²) in [5, 5.41) is 76.7. The number of amides is 1. The topological polar surface area (TPSA) is 237 Å². The van der Waals surface area contributed by atoms with Gasteiger partial charge in [0.15, 0.2) is 5.75 Å². The number of phenolic OH excluding ortho intramolecular Hbond substituents is 3. The lowest BCUT2D eigenvalue weighted by molar-refractivity contribution is -0.914. The van der Waals surface area contributed by atoms with Crippen molar-refractivity contribution in [2.75, 3.05) is 58.8 Å². The Morgan fingerprint density at radius 3 is 2.27 bits per heavy atom. The number of nitrogens with one attached hydrogen (secondary N) is 1. The number of fused-ring (bicyclic) bond motifs is 14. The van der Waals surface area contributed by atoms with Crippen LogP contribution in [0, 0.1) is 30.6 Å². The van der Waals surface area contributed by atoms with E-state index in [2.05, 4.69) is 10.4 Å². The number of carbonyl (C=O) groups is 3. The molecule has 0 unspecified atom stereocenters. The molecule has 9 atom stereocenters. The van der Waals surface area contributed by atoms with Gasteiger partial charge in [-0.15, -0.1) is 0 Å². The van der Waals surface area contributed by atoms with E-state index in [1.807, 2.05) is 7.05 Å². The van der Waals surface area contributed by atoms with Crippen LogP contribution < -0.4 is 10.1 Å². The highest BCUT2D eigenvalue weighted by molar-refractivity contribution is 6.23. The number of esters is 1. The zero-order valence-corrected chi connectivity index (χ0v) is 37.2. The van der Waals surface area contributed by atoms with E-state index in [0.717, 1.165) is 0 Å². The number of ketones is 1. The molecule has 340 valence electrons. The summed E-state index contributed by atoms with van der Waals surface area (Å²) in [4.78, 5) is 40.7. The van der Waals surface area contributed by atoms with E-state index in [9.17, 15) is 45.0 Å². The van der Waals surface area contributed by atoms with Crippen LogP contribution in [0.1, 0.15) is 70.0 Å². The van der Waals surface area contributed by atoms with Crippen LogP contribution in [0.15, 0.2) is 41.2 Å². The quantitative estimate of drug-likeness (QED) is 0.0719. The van der Waals surface area contributed by atoms with E-state index >= 15 is 0 Å². The van der Waals surface area contributed by atoms with Gasteiger partial charge in [0.2, 0.25) is 0 Å². The summed E-state index contributed by atoms with van der Waals surface area (Å²) in [6.45, 7) is 15.4. The fourth-order valence-corrected chi connectivity index (χ4v) is 8.53. The maximum absolute atomic E-state index is 14.5. The number of allylic oxidation sites excluding steroid dienone is 2. The molecular weight excluding hydrogens is 805 g/mol. The Morgan fingerprint density at radius 2 is 1.66 bits per heavy atom. The van der Waals surface area contributed by atoms with E-state index in [1.165, 1.54) is 59.4 Å². The van der Waals surface area contributed by atoms with Crippen molar-refractivity contribution in [1.82, 2.24) is 5.01 Å². The lowest BCUT2D eigenvalue weighted by Crippen LogP contribution is -2.57. The van der Waals surface area contributed by atoms with E-state index in [-0.39, 0.29) is 51.1 Å². The first kappa shape index (κ1) is 47.8. The lowest BCUT2D eigenvalue weighted by atomic mass is 9.78. The van der Waals surface area contributed by atoms with Crippen molar-refractivity contribution in [3.8, 4) is 23.0 Å². The second-order valence-corrected chi connectivity index (χ2v) is 17.3. The molecule has 7 N–H and O–H groups in total. The molecule has 4 aliphatic heterocycles. The van der Waals surface area contributed by atoms with Gasteiger partial charge in [-0.05, 0) is 19.9 Å². The van der Waals surface area contributed by atoms with Crippen molar-refractivity contribution in [3.05, 3.63) is 52.8 Å². The van der Waals surface area contributed by atoms with Gasteiger partial charge >= 0.3 is 11.8 Å². The predicted molar refractivity (Wildman–Crippen MR) is 231 cm³/mol. The molecule has 2 aromatic carbocycles. The molecule has 0 spiro atoms. The number of benzene rings is 2. The van der Waals surface area contributed by atoms with E-state index < -0.39 is 88.8 Å². The van der Waals surface area contributed by atoms with Crippen molar-refractivity contribution < 1.29 is 68.5 Å². The van der Waals surface area contributed by atoms with Crippen molar-refractivity contribution in [1.29, 1.82) is 0 Å². The average molecular weight is 868 g/mol. The first-order chi connectivity index (χ1) is 29.1. The highest BCUT2D eigenvalue weighted by atomic mass is 16.7. The summed E-state index contributed by atoms with van der Waals surface area (Å²) >= 11 is 0. The molecule has 6 rings (SSSR count). The molecule has 0 aliphatic carbocycles. The minimum atomic E-state index is -2.06. The number of methoxy groups -OCH3 is 1. The number of aliphatic hydroxyl groups excluding tert-OH is 3. The smallest absolute Gasteiger partial charge is 0.312 e. The van der Waals surface area contributed by atoms with Crippen molar-refractivity contribution in [2.24, 2.45) is 28.8 Å². The Morgan fingerprint density at radius 1 is 1.00 bits per heavy atom. The van der Waals surface area contributed by atoms with E-state index in [1.54, 1.807) is 44.9 Å². The van der Waals surface area contributed by atoms with Gasteiger partial charge in [0.25, 0.3) is 11.7 Å². The summed E-state index contributed by atoms with van der Waals surface area (Å²) in [5.74, 6) is -8.52. The van der Waals surface area contributed by atoms with Crippen LogP contribution in [0.3, 0.4) is 0 Å². The molecule has 17 nitrogen and oxygen atoms in total. The summed E-state index contributed by atoms with van der Waals surface area (Å²) in [7, 11) is 3.47. The standard InChI is InChI=1S/C45H62N4O13/c1-23-12-11-13-24(2)44(58)47-35-30(22-46-48-15-17-49(9,18-16-48)19-20-50)39(55)32-33(40(35)56)38(54)28(6)42-34(32)43(57)45(8,62-42)60-21-14-31(59-10)25(3)41(61-29(7)51)27(5)37(53)26(4)36(23)52/h11-14,21-23,25-27,31,36-37,41,50,52-53H,15-20H2,1-10H3,(H3-,46,47,54,55,56,57,58)/p+1/b12-11+,21-14+,24-13-/t23-,25+,26+,27+,31-,36-,37+,41+,45-/m0/s1.